The van der Waals surface area contributed by atoms with Crippen molar-refractivity contribution in [1.29, 1.82) is 0 Å². The molecule has 3 aromatic carbocycles. The molecule has 0 aliphatic carbocycles. The van der Waals surface area contributed by atoms with Crippen molar-refractivity contribution in [3.8, 4) is 23.1 Å². The summed E-state index contributed by atoms with van der Waals surface area (Å²) in [5.74, 6) is 6.87. The molecule has 0 aliphatic rings. The smallest absolute Gasteiger partial charge is 0.0624 e. The normalized spacial score (nSPS) is 10.5. The molecule has 0 aliphatic heterocycles. The number of para-hydroxylation sites is 1. The van der Waals surface area contributed by atoms with E-state index >= 15 is 0 Å². The summed E-state index contributed by atoms with van der Waals surface area (Å²) < 4.78 is 0. The third kappa shape index (κ3) is 2.84. The molecule has 4 rings (SSSR count). The Labute approximate surface area is 148 Å². The number of fused-ring (bicyclic) bond motifs is 1. The van der Waals surface area contributed by atoms with Crippen LogP contribution in [0.1, 0.15) is 22.3 Å². The summed E-state index contributed by atoms with van der Waals surface area (Å²) in [7, 11) is 0. The van der Waals surface area contributed by atoms with E-state index in [1.54, 1.807) is 0 Å². The molecule has 1 N–H and O–H groups in total. The molecule has 0 bridgehead atoms. The molecule has 1 aromatic heterocycles. The highest BCUT2D eigenvalue weighted by molar-refractivity contribution is 5.94. The van der Waals surface area contributed by atoms with Gasteiger partial charge in [-0.05, 0) is 36.6 Å². The average Bonchev–Trinajstić information content (AvgIpc) is 3.01. The lowest BCUT2D eigenvalue weighted by Gasteiger charge is -2.02. The summed E-state index contributed by atoms with van der Waals surface area (Å²) in [5, 5.41) is 1.17. The molecule has 1 nitrogen and oxygen atoms in total. The average molecular weight is 321 g/mol. The first-order chi connectivity index (χ1) is 12.2. The Morgan fingerprint density at radius 1 is 0.640 bits per heavy atom. The van der Waals surface area contributed by atoms with Crippen LogP contribution in [-0.4, -0.2) is 4.98 Å². The van der Waals surface area contributed by atoms with Crippen molar-refractivity contribution in [2.45, 2.75) is 13.8 Å². The van der Waals surface area contributed by atoms with Gasteiger partial charge in [-0.15, -0.1) is 0 Å². The lowest BCUT2D eigenvalue weighted by Crippen LogP contribution is -1.87. The van der Waals surface area contributed by atoms with E-state index in [4.69, 9.17) is 0 Å². The highest BCUT2D eigenvalue weighted by atomic mass is 14.7. The van der Waals surface area contributed by atoms with Crippen molar-refractivity contribution >= 4 is 10.9 Å². The molecule has 25 heavy (non-hydrogen) atoms. The van der Waals surface area contributed by atoms with Crippen molar-refractivity contribution in [3.63, 3.8) is 0 Å². The van der Waals surface area contributed by atoms with Crippen molar-refractivity contribution in [2.75, 3.05) is 0 Å². The maximum absolute atomic E-state index is 3.54. The van der Waals surface area contributed by atoms with E-state index in [0.717, 1.165) is 27.9 Å². The van der Waals surface area contributed by atoms with Gasteiger partial charge in [-0.1, -0.05) is 78.6 Å². The molecule has 0 spiro atoms. The quantitative estimate of drug-likeness (QED) is 0.423. The second kappa shape index (κ2) is 6.34. The van der Waals surface area contributed by atoms with Gasteiger partial charge >= 0.3 is 0 Å². The van der Waals surface area contributed by atoms with E-state index < -0.39 is 0 Å². The summed E-state index contributed by atoms with van der Waals surface area (Å²) in [5.41, 5.74) is 7.97. The summed E-state index contributed by atoms with van der Waals surface area (Å²) in [4.78, 5) is 3.54. The van der Waals surface area contributed by atoms with Crippen molar-refractivity contribution in [1.82, 2.24) is 4.98 Å². The van der Waals surface area contributed by atoms with Crippen LogP contribution in [0.25, 0.3) is 22.2 Å². The summed E-state index contributed by atoms with van der Waals surface area (Å²) in [6.45, 7) is 4.23. The number of aromatic nitrogens is 1. The summed E-state index contributed by atoms with van der Waals surface area (Å²) >= 11 is 0. The number of H-pyrrole nitrogens is 1. The van der Waals surface area contributed by atoms with Crippen LogP contribution in [0.4, 0.5) is 0 Å². The molecule has 4 aromatic rings. The number of hydrogen-bond acceptors (Lipinski definition) is 0. The summed E-state index contributed by atoms with van der Waals surface area (Å²) in [6.07, 6.45) is 0. The zero-order valence-electron chi connectivity index (χ0n) is 14.4. The van der Waals surface area contributed by atoms with Crippen LogP contribution in [0.2, 0.25) is 0 Å². The summed E-state index contributed by atoms with van der Waals surface area (Å²) in [6, 6.07) is 25.1. The maximum Gasteiger partial charge on any atom is 0.0624 e. The van der Waals surface area contributed by atoms with Gasteiger partial charge in [-0.25, -0.2) is 0 Å². The Morgan fingerprint density at radius 3 is 2.04 bits per heavy atom. The third-order valence-corrected chi connectivity index (χ3v) is 4.56. The minimum atomic E-state index is 1.06. The minimum Gasteiger partial charge on any atom is -0.353 e. The van der Waals surface area contributed by atoms with E-state index in [2.05, 4.69) is 97.4 Å². The Bertz CT molecular complexity index is 1090. The molecular weight excluding hydrogens is 302 g/mol. The standard InChI is InChI=1S/C24H19N/c1-17-9-8-10-18(2)20(17)15-16-22-21-13-6-7-14-23(21)25-24(22)19-11-4-3-5-12-19/h3-14,25H,1-2H3. The first-order valence-electron chi connectivity index (χ1n) is 8.48. The fraction of sp³-hybridized carbons (Fsp3) is 0.0833. The lowest BCUT2D eigenvalue weighted by molar-refractivity contribution is 1.35. The van der Waals surface area contributed by atoms with Crippen LogP contribution in [-0.2, 0) is 0 Å². The fourth-order valence-electron chi connectivity index (χ4n) is 3.23. The van der Waals surface area contributed by atoms with Crippen molar-refractivity contribution in [3.05, 3.63) is 95.1 Å². The first kappa shape index (κ1) is 15.3. The van der Waals surface area contributed by atoms with Crippen LogP contribution in [0.3, 0.4) is 0 Å². The fourth-order valence-corrected chi connectivity index (χ4v) is 3.23. The van der Waals surface area contributed by atoms with Gasteiger partial charge < -0.3 is 4.98 Å². The predicted molar refractivity (Wildman–Crippen MR) is 106 cm³/mol. The van der Waals surface area contributed by atoms with Crippen LogP contribution >= 0.6 is 0 Å². The van der Waals surface area contributed by atoms with E-state index in [9.17, 15) is 0 Å². The molecule has 1 heteroatoms. The second-order valence-electron chi connectivity index (χ2n) is 6.30. The highest BCUT2D eigenvalue weighted by Gasteiger charge is 2.11. The monoisotopic (exact) mass is 321 g/mol. The van der Waals surface area contributed by atoms with Gasteiger partial charge in [-0.3, -0.25) is 0 Å². The van der Waals surface area contributed by atoms with Gasteiger partial charge in [0.25, 0.3) is 0 Å². The van der Waals surface area contributed by atoms with Crippen LogP contribution in [0, 0.1) is 25.7 Å². The Balaban J connectivity index is 1.95. The van der Waals surface area contributed by atoms with Gasteiger partial charge in [-0.2, -0.15) is 0 Å². The zero-order valence-corrected chi connectivity index (χ0v) is 14.4. The number of nitrogens with one attached hydrogen (secondary N) is 1. The molecular formula is C24H19N. The molecule has 0 unspecified atom stereocenters. The van der Waals surface area contributed by atoms with E-state index in [1.165, 1.54) is 16.5 Å². The molecule has 0 atom stereocenters. The van der Waals surface area contributed by atoms with Gasteiger partial charge in [0, 0.05) is 16.5 Å². The molecule has 1 heterocycles. The maximum atomic E-state index is 3.54. The first-order valence-corrected chi connectivity index (χ1v) is 8.48. The van der Waals surface area contributed by atoms with E-state index in [-0.39, 0.29) is 0 Å². The van der Waals surface area contributed by atoms with Gasteiger partial charge in [0.1, 0.15) is 0 Å². The molecule has 120 valence electrons. The highest BCUT2D eigenvalue weighted by Crippen LogP contribution is 2.29. The lowest BCUT2D eigenvalue weighted by atomic mass is 10.0. The topological polar surface area (TPSA) is 15.8 Å². The molecule has 0 amide bonds. The Morgan fingerprint density at radius 2 is 1.28 bits per heavy atom. The minimum absolute atomic E-state index is 1.06. The molecule has 0 radical (unpaired) electrons. The number of aryl methyl sites for hydroxylation is 2. The largest absolute Gasteiger partial charge is 0.353 e. The predicted octanol–water partition coefficient (Wildman–Crippen LogP) is 5.85. The van der Waals surface area contributed by atoms with Gasteiger partial charge in [0.2, 0.25) is 0 Å². The second-order valence-corrected chi connectivity index (χ2v) is 6.30. The van der Waals surface area contributed by atoms with Crippen LogP contribution in [0.15, 0.2) is 72.8 Å². The van der Waals surface area contributed by atoms with E-state index in [1.807, 2.05) is 6.07 Å². The Hall–Kier alpha value is -3.24. The van der Waals surface area contributed by atoms with Gasteiger partial charge in [0.15, 0.2) is 0 Å². The number of hydrogen-bond donors (Lipinski definition) is 1. The molecule has 0 saturated carbocycles. The number of aromatic amines is 1. The van der Waals surface area contributed by atoms with Gasteiger partial charge in [0.05, 0.1) is 11.3 Å². The van der Waals surface area contributed by atoms with Crippen molar-refractivity contribution < 1.29 is 0 Å². The number of rotatable bonds is 1. The van der Waals surface area contributed by atoms with Crippen LogP contribution < -0.4 is 0 Å². The third-order valence-electron chi connectivity index (χ3n) is 4.56. The Kier molecular flexibility index (Phi) is 3.88. The van der Waals surface area contributed by atoms with E-state index in [0.29, 0.717) is 0 Å². The van der Waals surface area contributed by atoms with Crippen LogP contribution in [0.5, 0.6) is 0 Å². The van der Waals surface area contributed by atoms with Crippen molar-refractivity contribution in [2.24, 2.45) is 0 Å². The SMILES string of the molecule is Cc1cccc(C)c1C#Cc1c(-c2ccccc2)[nH]c2ccccc12. The zero-order chi connectivity index (χ0) is 17.2. The number of benzene rings is 3. The molecule has 0 saturated heterocycles. The molecule has 0 fully saturated rings.